The van der Waals surface area contributed by atoms with Gasteiger partial charge in [0.1, 0.15) is 0 Å². The highest BCUT2D eigenvalue weighted by atomic mass is 79.9. The highest BCUT2D eigenvalue weighted by Gasteiger charge is 2.21. The number of fused-ring (bicyclic) bond motifs is 1. The third-order valence-corrected chi connectivity index (χ3v) is 4.12. The second-order valence-electron chi connectivity index (χ2n) is 5.65. The molecule has 0 spiro atoms. The van der Waals surface area contributed by atoms with Crippen molar-refractivity contribution in [1.29, 1.82) is 0 Å². The van der Waals surface area contributed by atoms with E-state index in [-0.39, 0.29) is 5.56 Å². The number of benzene rings is 1. The average molecular weight is 336 g/mol. The zero-order valence-corrected chi connectivity index (χ0v) is 13.1. The van der Waals surface area contributed by atoms with Crippen LogP contribution in [-0.4, -0.2) is 22.1 Å². The van der Waals surface area contributed by atoms with Gasteiger partial charge in [-0.1, -0.05) is 22.9 Å². The summed E-state index contributed by atoms with van der Waals surface area (Å²) in [5, 5.41) is 4.17. The Hall–Kier alpha value is -1.20. The van der Waals surface area contributed by atoms with Crippen LogP contribution in [0.2, 0.25) is 0 Å². The molecule has 20 heavy (non-hydrogen) atoms. The predicted molar refractivity (Wildman–Crippen MR) is 83.9 cm³/mol. The summed E-state index contributed by atoms with van der Waals surface area (Å²) in [6.45, 7) is 3.81. The van der Waals surface area contributed by atoms with Crippen LogP contribution in [0.15, 0.2) is 33.8 Å². The second kappa shape index (κ2) is 5.66. The van der Waals surface area contributed by atoms with Crippen molar-refractivity contribution in [1.82, 2.24) is 14.9 Å². The molecule has 1 aromatic carbocycles. The molecule has 5 heteroatoms. The van der Waals surface area contributed by atoms with Crippen molar-refractivity contribution in [3.63, 3.8) is 0 Å². The molecular weight excluding hydrogens is 318 g/mol. The van der Waals surface area contributed by atoms with Crippen molar-refractivity contribution in [2.24, 2.45) is 5.92 Å². The van der Waals surface area contributed by atoms with Gasteiger partial charge < -0.3 is 5.32 Å². The van der Waals surface area contributed by atoms with Gasteiger partial charge in [-0.3, -0.25) is 9.36 Å². The Kier molecular flexibility index (Phi) is 3.89. The van der Waals surface area contributed by atoms with Crippen LogP contribution in [-0.2, 0) is 6.54 Å². The van der Waals surface area contributed by atoms with Gasteiger partial charge in [-0.05, 0) is 43.5 Å². The largest absolute Gasteiger partial charge is 0.314 e. The maximum atomic E-state index is 12.4. The van der Waals surface area contributed by atoms with Crippen LogP contribution in [0.3, 0.4) is 0 Å². The summed E-state index contributed by atoms with van der Waals surface area (Å²) in [4.78, 5) is 16.8. The fourth-order valence-corrected chi connectivity index (χ4v) is 2.68. The van der Waals surface area contributed by atoms with Crippen LogP contribution in [0.25, 0.3) is 10.9 Å². The fourth-order valence-electron chi connectivity index (χ4n) is 2.32. The molecule has 106 valence electrons. The van der Waals surface area contributed by atoms with Gasteiger partial charge in [0.2, 0.25) is 0 Å². The number of nitrogens with one attached hydrogen (secondary N) is 1. The van der Waals surface area contributed by atoms with E-state index in [0.29, 0.717) is 23.9 Å². The molecule has 0 aliphatic heterocycles. The van der Waals surface area contributed by atoms with Crippen molar-refractivity contribution in [2.45, 2.75) is 32.4 Å². The van der Waals surface area contributed by atoms with E-state index in [1.54, 1.807) is 10.9 Å². The fraction of sp³-hybridized carbons (Fsp3) is 0.467. The summed E-state index contributed by atoms with van der Waals surface area (Å²) in [7, 11) is 0. The van der Waals surface area contributed by atoms with Gasteiger partial charge in [0.15, 0.2) is 0 Å². The monoisotopic (exact) mass is 335 g/mol. The van der Waals surface area contributed by atoms with E-state index < -0.39 is 0 Å². The normalized spacial score (nSPS) is 16.5. The number of hydrogen-bond acceptors (Lipinski definition) is 3. The molecule has 1 unspecified atom stereocenters. The Morgan fingerprint density at radius 2 is 2.30 bits per heavy atom. The minimum Gasteiger partial charge on any atom is -0.314 e. The maximum absolute atomic E-state index is 12.4. The molecule has 0 saturated heterocycles. The summed E-state index contributed by atoms with van der Waals surface area (Å²) in [5.41, 5.74) is 0.785. The zero-order chi connectivity index (χ0) is 14.1. The van der Waals surface area contributed by atoms with Crippen molar-refractivity contribution in [3.05, 3.63) is 39.4 Å². The van der Waals surface area contributed by atoms with Gasteiger partial charge in [0, 0.05) is 17.1 Å². The van der Waals surface area contributed by atoms with Crippen LogP contribution in [0, 0.1) is 5.92 Å². The predicted octanol–water partition coefficient (Wildman–Crippen LogP) is 2.55. The lowest BCUT2D eigenvalue weighted by Crippen LogP contribution is -2.30. The second-order valence-corrected chi connectivity index (χ2v) is 6.57. The van der Waals surface area contributed by atoms with Gasteiger partial charge in [0.25, 0.3) is 5.56 Å². The number of hydrogen-bond donors (Lipinski definition) is 1. The Balaban J connectivity index is 1.80. The summed E-state index contributed by atoms with van der Waals surface area (Å²) in [5.74, 6) is 0.416. The molecule has 0 radical (unpaired) electrons. The molecule has 1 aliphatic rings. The van der Waals surface area contributed by atoms with Crippen molar-refractivity contribution >= 4 is 26.8 Å². The molecule has 1 N–H and O–H groups in total. The Labute approximate surface area is 126 Å². The van der Waals surface area contributed by atoms with Crippen LogP contribution in [0.5, 0.6) is 0 Å². The maximum Gasteiger partial charge on any atom is 0.261 e. The Bertz CT molecular complexity index is 678. The summed E-state index contributed by atoms with van der Waals surface area (Å²) >= 11 is 3.40. The van der Waals surface area contributed by atoms with E-state index in [1.165, 1.54) is 12.8 Å². The zero-order valence-electron chi connectivity index (χ0n) is 11.5. The lowest BCUT2D eigenvalue weighted by Gasteiger charge is -2.14. The standard InChI is InChI=1S/C15H18BrN3O/c1-10(7-17-12-3-4-12)8-19-9-18-14-5-2-11(16)6-13(14)15(19)20/h2,5-6,9-10,12,17H,3-4,7-8H2,1H3. The Morgan fingerprint density at radius 1 is 1.50 bits per heavy atom. The first-order valence-electron chi connectivity index (χ1n) is 7.01. The summed E-state index contributed by atoms with van der Waals surface area (Å²) in [6.07, 6.45) is 4.24. The van der Waals surface area contributed by atoms with Crippen LogP contribution < -0.4 is 10.9 Å². The highest BCUT2D eigenvalue weighted by molar-refractivity contribution is 9.10. The number of rotatable bonds is 5. The highest BCUT2D eigenvalue weighted by Crippen LogP contribution is 2.19. The first kappa shape index (κ1) is 13.8. The van der Waals surface area contributed by atoms with E-state index in [2.05, 4.69) is 33.2 Å². The Morgan fingerprint density at radius 3 is 3.05 bits per heavy atom. The van der Waals surface area contributed by atoms with E-state index in [9.17, 15) is 4.79 Å². The van der Waals surface area contributed by atoms with Gasteiger partial charge in [-0.15, -0.1) is 0 Å². The van der Waals surface area contributed by atoms with Gasteiger partial charge in [0.05, 0.1) is 17.2 Å². The minimum absolute atomic E-state index is 0.0366. The molecule has 1 aromatic heterocycles. The lowest BCUT2D eigenvalue weighted by molar-refractivity contribution is 0.436. The van der Waals surface area contributed by atoms with Crippen LogP contribution >= 0.6 is 15.9 Å². The van der Waals surface area contributed by atoms with Gasteiger partial charge in [-0.25, -0.2) is 4.98 Å². The first-order valence-corrected chi connectivity index (χ1v) is 7.81. The third-order valence-electron chi connectivity index (χ3n) is 3.63. The first-order chi connectivity index (χ1) is 9.63. The lowest BCUT2D eigenvalue weighted by atomic mass is 10.1. The number of nitrogens with zero attached hydrogens (tertiary/aromatic N) is 2. The van der Waals surface area contributed by atoms with E-state index in [1.807, 2.05) is 18.2 Å². The van der Waals surface area contributed by atoms with Crippen molar-refractivity contribution < 1.29 is 0 Å². The average Bonchev–Trinajstić information content (AvgIpc) is 3.24. The molecular formula is C15H18BrN3O. The van der Waals surface area contributed by atoms with E-state index >= 15 is 0 Å². The molecule has 4 nitrogen and oxygen atoms in total. The van der Waals surface area contributed by atoms with Crippen molar-refractivity contribution in [3.8, 4) is 0 Å². The van der Waals surface area contributed by atoms with Crippen LogP contribution in [0.1, 0.15) is 19.8 Å². The number of aromatic nitrogens is 2. The van der Waals surface area contributed by atoms with E-state index in [4.69, 9.17) is 0 Å². The molecule has 1 heterocycles. The van der Waals surface area contributed by atoms with Crippen LogP contribution in [0.4, 0.5) is 0 Å². The smallest absolute Gasteiger partial charge is 0.261 e. The van der Waals surface area contributed by atoms with Gasteiger partial charge >= 0.3 is 0 Å². The van der Waals surface area contributed by atoms with Gasteiger partial charge in [-0.2, -0.15) is 0 Å². The summed E-state index contributed by atoms with van der Waals surface area (Å²) < 4.78 is 2.62. The molecule has 2 aromatic rings. The SMILES string of the molecule is CC(CNC1CC1)Cn1cnc2ccc(Br)cc2c1=O. The van der Waals surface area contributed by atoms with Crippen molar-refractivity contribution in [2.75, 3.05) is 6.54 Å². The van der Waals surface area contributed by atoms with E-state index in [0.717, 1.165) is 16.5 Å². The molecule has 1 atom stereocenters. The number of halogens is 1. The topological polar surface area (TPSA) is 46.9 Å². The molecule has 1 aliphatic carbocycles. The molecule has 3 rings (SSSR count). The quantitative estimate of drug-likeness (QED) is 0.913. The molecule has 1 saturated carbocycles. The molecule has 1 fully saturated rings. The summed E-state index contributed by atoms with van der Waals surface area (Å²) in [6, 6.07) is 6.32. The molecule has 0 amide bonds. The molecule has 0 bridgehead atoms. The minimum atomic E-state index is 0.0366. The third kappa shape index (κ3) is 3.10.